The minimum atomic E-state index is -1.10. The third-order valence-electron chi connectivity index (χ3n) is 4.03. The van der Waals surface area contributed by atoms with Gasteiger partial charge < -0.3 is 14.9 Å². The van der Waals surface area contributed by atoms with E-state index in [1.807, 2.05) is 6.92 Å². The number of carboxylic acid groups (broad SMARTS) is 1. The van der Waals surface area contributed by atoms with Crippen molar-refractivity contribution >= 4 is 5.97 Å². The number of nitrogens with one attached hydrogen (secondary N) is 1. The fourth-order valence-electron chi connectivity index (χ4n) is 2.61. The van der Waals surface area contributed by atoms with Gasteiger partial charge in [-0.3, -0.25) is 0 Å². The van der Waals surface area contributed by atoms with E-state index in [2.05, 4.69) is 10.5 Å². The molecule has 0 radical (unpaired) electrons. The van der Waals surface area contributed by atoms with Crippen LogP contribution in [0, 0.1) is 5.82 Å². The molecule has 1 saturated carbocycles. The molecule has 3 rings (SSSR count). The molecule has 1 atom stereocenters. The average Bonchev–Trinajstić information content (AvgIpc) is 2.88. The Hall–Kier alpha value is -2.21. The van der Waals surface area contributed by atoms with Crippen LogP contribution >= 0.6 is 0 Å². The van der Waals surface area contributed by atoms with Crippen LogP contribution in [0.1, 0.15) is 48.3 Å². The first kappa shape index (κ1) is 14.7. The van der Waals surface area contributed by atoms with E-state index < -0.39 is 5.97 Å². The Bertz CT molecular complexity index is 677. The fraction of sp³-hybridized carbons (Fsp3) is 0.375. The quantitative estimate of drug-likeness (QED) is 0.885. The first-order valence-corrected chi connectivity index (χ1v) is 7.31. The number of hydrogen-bond acceptors (Lipinski definition) is 4. The van der Waals surface area contributed by atoms with Gasteiger partial charge in [-0.25, -0.2) is 9.18 Å². The summed E-state index contributed by atoms with van der Waals surface area (Å²) < 4.78 is 18.3. The summed E-state index contributed by atoms with van der Waals surface area (Å²) in [5.74, 6) is -1.18. The van der Waals surface area contributed by atoms with Gasteiger partial charge in [-0.1, -0.05) is 11.6 Å². The molecule has 2 N–H and O–H groups in total. The minimum Gasteiger partial charge on any atom is -0.477 e. The predicted molar refractivity (Wildman–Crippen MR) is 78.0 cm³/mol. The van der Waals surface area contributed by atoms with Gasteiger partial charge in [-0.2, -0.15) is 0 Å². The summed E-state index contributed by atoms with van der Waals surface area (Å²) in [6.45, 7) is 1.86. The summed E-state index contributed by atoms with van der Waals surface area (Å²) in [6, 6.07) is 5.69. The van der Waals surface area contributed by atoms with Crippen molar-refractivity contribution in [1.82, 2.24) is 10.5 Å². The highest BCUT2D eigenvalue weighted by Gasteiger charge is 2.29. The minimum absolute atomic E-state index is 0.0333. The first-order valence-electron chi connectivity index (χ1n) is 7.31. The molecular weight excluding hydrogens is 287 g/mol. The van der Waals surface area contributed by atoms with Crippen molar-refractivity contribution in [3.63, 3.8) is 0 Å². The number of aromatic carboxylic acids is 1. The third-order valence-corrected chi connectivity index (χ3v) is 4.03. The summed E-state index contributed by atoms with van der Waals surface area (Å²) in [7, 11) is 0. The van der Waals surface area contributed by atoms with Crippen molar-refractivity contribution in [2.75, 3.05) is 0 Å². The molecule has 6 heteroatoms. The lowest BCUT2D eigenvalue weighted by atomic mass is 9.92. The van der Waals surface area contributed by atoms with Crippen LogP contribution in [0.3, 0.4) is 0 Å². The molecule has 1 aromatic carbocycles. The molecule has 2 aromatic rings. The second-order valence-electron chi connectivity index (χ2n) is 5.60. The molecule has 116 valence electrons. The van der Waals surface area contributed by atoms with E-state index >= 15 is 0 Å². The van der Waals surface area contributed by atoms with Crippen LogP contribution < -0.4 is 5.32 Å². The van der Waals surface area contributed by atoms with E-state index in [1.54, 1.807) is 0 Å². The van der Waals surface area contributed by atoms with Crippen LogP contribution in [-0.4, -0.2) is 22.3 Å². The zero-order valence-corrected chi connectivity index (χ0v) is 12.2. The van der Waals surface area contributed by atoms with Gasteiger partial charge >= 0.3 is 5.97 Å². The maximum atomic E-state index is 13.0. The number of carbonyl (C=O) groups is 1. The molecule has 5 nitrogen and oxygen atoms in total. The molecule has 0 bridgehead atoms. The normalized spacial score (nSPS) is 16.3. The Balaban J connectivity index is 1.94. The van der Waals surface area contributed by atoms with Crippen LogP contribution in [0.5, 0.6) is 0 Å². The number of halogens is 1. The van der Waals surface area contributed by atoms with Crippen LogP contribution in [0.25, 0.3) is 11.3 Å². The summed E-state index contributed by atoms with van der Waals surface area (Å²) in [6.07, 6.45) is 3.37. The standard InChI is InChI=1S/C16H17FN2O3/c1-9(18-12-3-2-4-12)15-13(16(20)21)14(19-22-15)10-5-7-11(17)8-6-10/h5-9,12,18H,2-4H2,1H3,(H,20,21)/t9-/m1/s1. The first-order chi connectivity index (χ1) is 10.6. The lowest BCUT2D eigenvalue weighted by molar-refractivity contribution is 0.0693. The Morgan fingerprint density at radius 2 is 2.09 bits per heavy atom. The van der Waals surface area contributed by atoms with Gasteiger partial charge in [0.2, 0.25) is 0 Å². The molecule has 0 aliphatic heterocycles. The monoisotopic (exact) mass is 304 g/mol. The number of benzene rings is 1. The van der Waals surface area contributed by atoms with Crippen molar-refractivity contribution in [1.29, 1.82) is 0 Å². The van der Waals surface area contributed by atoms with Crippen LogP contribution in [0.15, 0.2) is 28.8 Å². The number of rotatable bonds is 5. The largest absolute Gasteiger partial charge is 0.477 e. The summed E-state index contributed by atoms with van der Waals surface area (Å²) in [4.78, 5) is 11.6. The van der Waals surface area contributed by atoms with Gasteiger partial charge in [0, 0.05) is 11.6 Å². The van der Waals surface area contributed by atoms with Crippen molar-refractivity contribution in [3.8, 4) is 11.3 Å². The van der Waals surface area contributed by atoms with Gasteiger partial charge in [-0.15, -0.1) is 0 Å². The second kappa shape index (κ2) is 5.88. The molecule has 1 aliphatic carbocycles. The average molecular weight is 304 g/mol. The maximum absolute atomic E-state index is 13.0. The van der Waals surface area contributed by atoms with Crippen LogP contribution in [0.4, 0.5) is 4.39 Å². The van der Waals surface area contributed by atoms with Gasteiger partial charge in [0.05, 0.1) is 6.04 Å². The van der Waals surface area contributed by atoms with Gasteiger partial charge in [0.15, 0.2) is 5.76 Å². The lowest BCUT2D eigenvalue weighted by Crippen LogP contribution is -2.37. The van der Waals surface area contributed by atoms with Gasteiger partial charge in [0.1, 0.15) is 17.1 Å². The number of aromatic nitrogens is 1. The van der Waals surface area contributed by atoms with E-state index in [9.17, 15) is 14.3 Å². The molecule has 0 unspecified atom stereocenters. The topological polar surface area (TPSA) is 75.4 Å². The van der Waals surface area contributed by atoms with E-state index in [1.165, 1.54) is 30.7 Å². The summed E-state index contributed by atoms with van der Waals surface area (Å²) in [5, 5.41) is 16.7. The molecule has 22 heavy (non-hydrogen) atoms. The zero-order valence-electron chi connectivity index (χ0n) is 12.2. The van der Waals surface area contributed by atoms with E-state index in [0.717, 1.165) is 12.8 Å². The van der Waals surface area contributed by atoms with Gasteiger partial charge in [-0.05, 0) is 44.0 Å². The molecule has 1 heterocycles. The Labute approximate surface area is 127 Å². The Morgan fingerprint density at radius 3 is 2.64 bits per heavy atom. The van der Waals surface area contributed by atoms with Crippen molar-refractivity contribution in [2.45, 2.75) is 38.3 Å². The molecular formula is C16H17FN2O3. The Morgan fingerprint density at radius 1 is 1.41 bits per heavy atom. The molecule has 1 aliphatic rings. The zero-order chi connectivity index (χ0) is 15.7. The highest BCUT2D eigenvalue weighted by atomic mass is 19.1. The summed E-state index contributed by atoms with van der Waals surface area (Å²) >= 11 is 0. The second-order valence-corrected chi connectivity index (χ2v) is 5.60. The summed E-state index contributed by atoms with van der Waals surface area (Å²) in [5.41, 5.74) is 0.778. The van der Waals surface area contributed by atoms with Crippen molar-refractivity contribution < 1.29 is 18.8 Å². The van der Waals surface area contributed by atoms with Crippen LogP contribution in [0.2, 0.25) is 0 Å². The highest BCUT2D eigenvalue weighted by molar-refractivity contribution is 5.95. The van der Waals surface area contributed by atoms with Gasteiger partial charge in [0.25, 0.3) is 0 Å². The maximum Gasteiger partial charge on any atom is 0.341 e. The van der Waals surface area contributed by atoms with Crippen LogP contribution in [-0.2, 0) is 0 Å². The smallest absolute Gasteiger partial charge is 0.341 e. The molecule has 0 spiro atoms. The number of hydrogen-bond donors (Lipinski definition) is 2. The molecule has 0 amide bonds. The lowest BCUT2D eigenvalue weighted by Gasteiger charge is -2.29. The molecule has 0 saturated heterocycles. The SMILES string of the molecule is C[C@@H](NC1CCC1)c1onc(-c2ccc(F)cc2)c1C(=O)O. The van der Waals surface area contributed by atoms with Crippen molar-refractivity contribution in [2.24, 2.45) is 0 Å². The van der Waals surface area contributed by atoms with E-state index in [-0.39, 0.29) is 23.1 Å². The van der Waals surface area contributed by atoms with E-state index in [4.69, 9.17) is 4.52 Å². The molecule has 1 aromatic heterocycles. The van der Waals surface area contributed by atoms with Crippen molar-refractivity contribution in [3.05, 3.63) is 41.4 Å². The Kier molecular flexibility index (Phi) is 3.94. The fourth-order valence-corrected chi connectivity index (χ4v) is 2.61. The third kappa shape index (κ3) is 2.74. The molecule has 1 fully saturated rings. The number of nitrogens with zero attached hydrogens (tertiary/aromatic N) is 1. The highest BCUT2D eigenvalue weighted by Crippen LogP contribution is 2.31. The predicted octanol–water partition coefficient (Wildman–Crippen LogP) is 3.38. The number of carboxylic acids is 1. The van der Waals surface area contributed by atoms with E-state index in [0.29, 0.717) is 17.4 Å².